The first-order valence-corrected chi connectivity index (χ1v) is 7.37. The Morgan fingerprint density at radius 3 is 2.60 bits per heavy atom. The average molecular weight is 286 g/mol. The number of carbonyl (C=O) groups excluding carboxylic acids is 1. The summed E-state index contributed by atoms with van der Waals surface area (Å²) in [5.41, 5.74) is 0. The van der Waals surface area contributed by atoms with E-state index in [2.05, 4.69) is 5.32 Å². The van der Waals surface area contributed by atoms with Crippen molar-refractivity contribution in [2.24, 2.45) is 5.92 Å². The van der Waals surface area contributed by atoms with Gasteiger partial charge in [0.25, 0.3) is 0 Å². The Balaban J connectivity index is 2.26. The molecule has 1 aliphatic rings. The van der Waals surface area contributed by atoms with Crippen LogP contribution >= 0.6 is 0 Å². The molecule has 0 aliphatic heterocycles. The van der Waals surface area contributed by atoms with Crippen molar-refractivity contribution in [2.45, 2.75) is 38.5 Å². The van der Waals surface area contributed by atoms with Crippen LogP contribution in [0.2, 0.25) is 0 Å². The molecule has 0 aromatic rings. The molecule has 0 atom stereocenters. The van der Waals surface area contributed by atoms with Gasteiger partial charge >= 0.3 is 12.0 Å². The topological polar surface area (TPSA) is 78.9 Å². The molecule has 116 valence electrons. The Bertz CT molecular complexity index is 304. The molecule has 1 fully saturated rings. The summed E-state index contributed by atoms with van der Waals surface area (Å²) in [6.45, 7) is 0.951. The summed E-state index contributed by atoms with van der Waals surface area (Å²) >= 11 is 0. The van der Waals surface area contributed by atoms with Gasteiger partial charge in [-0.15, -0.1) is 0 Å². The van der Waals surface area contributed by atoms with Crippen LogP contribution < -0.4 is 5.32 Å². The molecular weight excluding hydrogens is 260 g/mol. The van der Waals surface area contributed by atoms with Crippen molar-refractivity contribution in [3.05, 3.63) is 0 Å². The molecule has 0 heterocycles. The Morgan fingerprint density at radius 1 is 1.30 bits per heavy atom. The van der Waals surface area contributed by atoms with E-state index < -0.39 is 5.97 Å². The first-order chi connectivity index (χ1) is 9.63. The van der Waals surface area contributed by atoms with E-state index in [1.807, 2.05) is 0 Å². The lowest BCUT2D eigenvalue weighted by Gasteiger charge is -2.23. The summed E-state index contributed by atoms with van der Waals surface area (Å²) in [5.74, 6) is -0.306. The fourth-order valence-electron chi connectivity index (χ4n) is 2.59. The predicted octanol–water partition coefficient (Wildman–Crippen LogP) is 1.70. The lowest BCUT2D eigenvalue weighted by Crippen LogP contribution is -2.44. The average Bonchev–Trinajstić information content (AvgIpc) is 2.44. The van der Waals surface area contributed by atoms with Crippen molar-refractivity contribution < 1.29 is 19.4 Å². The van der Waals surface area contributed by atoms with E-state index >= 15 is 0 Å². The van der Waals surface area contributed by atoms with Crippen molar-refractivity contribution in [1.82, 2.24) is 10.2 Å². The molecule has 0 spiro atoms. The van der Waals surface area contributed by atoms with Crippen LogP contribution in [0.3, 0.4) is 0 Å². The van der Waals surface area contributed by atoms with Gasteiger partial charge in [0.1, 0.15) is 6.54 Å². The third-order valence-corrected chi connectivity index (χ3v) is 3.73. The van der Waals surface area contributed by atoms with Gasteiger partial charge < -0.3 is 20.1 Å². The molecule has 6 nitrogen and oxygen atoms in total. The molecule has 2 amide bonds. The number of amides is 2. The van der Waals surface area contributed by atoms with Crippen LogP contribution in [-0.4, -0.2) is 55.4 Å². The van der Waals surface area contributed by atoms with Crippen LogP contribution in [0.25, 0.3) is 0 Å². The van der Waals surface area contributed by atoms with Crippen molar-refractivity contribution in [2.75, 3.05) is 33.4 Å². The van der Waals surface area contributed by atoms with Crippen LogP contribution in [0.1, 0.15) is 38.5 Å². The van der Waals surface area contributed by atoms with Gasteiger partial charge in [-0.3, -0.25) is 4.79 Å². The minimum absolute atomic E-state index is 0.290. The third-order valence-electron chi connectivity index (χ3n) is 3.73. The second kappa shape index (κ2) is 9.58. The highest BCUT2D eigenvalue weighted by Crippen LogP contribution is 2.25. The fraction of sp³-hybridized carbons (Fsp3) is 0.857. The molecule has 0 saturated heterocycles. The van der Waals surface area contributed by atoms with E-state index in [0.29, 0.717) is 19.1 Å². The van der Waals surface area contributed by atoms with Crippen molar-refractivity contribution >= 4 is 12.0 Å². The van der Waals surface area contributed by atoms with Gasteiger partial charge in [0.05, 0.1) is 6.61 Å². The van der Waals surface area contributed by atoms with Gasteiger partial charge in [0, 0.05) is 20.2 Å². The Kier molecular flexibility index (Phi) is 8.02. The maximum absolute atomic E-state index is 11.9. The molecule has 20 heavy (non-hydrogen) atoms. The molecular formula is C14H26N2O4. The number of hydrogen-bond donors (Lipinski definition) is 2. The molecule has 6 heteroatoms. The molecule has 0 unspecified atom stereocenters. The molecule has 2 N–H and O–H groups in total. The third kappa shape index (κ3) is 6.75. The number of carboxylic acid groups (broad SMARTS) is 1. The number of carboxylic acids is 1. The lowest BCUT2D eigenvalue weighted by molar-refractivity contribution is -0.137. The van der Waals surface area contributed by atoms with Crippen LogP contribution in [0, 0.1) is 5.92 Å². The van der Waals surface area contributed by atoms with Crippen molar-refractivity contribution in [3.8, 4) is 0 Å². The number of rotatable bonds is 8. The zero-order chi connectivity index (χ0) is 14.8. The quantitative estimate of drug-likeness (QED) is 0.712. The first-order valence-electron chi connectivity index (χ1n) is 7.37. The van der Waals surface area contributed by atoms with Crippen molar-refractivity contribution in [3.63, 3.8) is 0 Å². The Morgan fingerprint density at radius 2 is 2.00 bits per heavy atom. The summed E-state index contributed by atoms with van der Waals surface area (Å²) in [4.78, 5) is 23.9. The largest absolute Gasteiger partial charge is 0.480 e. The number of hydrogen-bond acceptors (Lipinski definition) is 3. The van der Waals surface area contributed by atoms with E-state index in [0.717, 1.165) is 6.42 Å². The zero-order valence-corrected chi connectivity index (χ0v) is 12.3. The van der Waals surface area contributed by atoms with Crippen LogP contribution in [0.4, 0.5) is 4.79 Å². The maximum Gasteiger partial charge on any atom is 0.323 e. The first kappa shape index (κ1) is 16.8. The Hall–Kier alpha value is -1.30. The molecule has 0 aromatic heterocycles. The summed E-state index contributed by atoms with van der Waals surface area (Å²) in [5, 5.41) is 11.6. The highest BCUT2D eigenvalue weighted by molar-refractivity contribution is 5.80. The summed E-state index contributed by atoms with van der Waals surface area (Å²) in [6.07, 6.45) is 7.38. The predicted molar refractivity (Wildman–Crippen MR) is 75.7 cm³/mol. The second-order valence-corrected chi connectivity index (χ2v) is 5.33. The van der Waals surface area contributed by atoms with Crippen molar-refractivity contribution in [1.29, 1.82) is 0 Å². The monoisotopic (exact) mass is 286 g/mol. The van der Waals surface area contributed by atoms with Gasteiger partial charge in [-0.1, -0.05) is 32.1 Å². The highest BCUT2D eigenvalue weighted by atomic mass is 16.5. The Labute approximate surface area is 120 Å². The van der Waals surface area contributed by atoms with Gasteiger partial charge in [-0.2, -0.15) is 0 Å². The van der Waals surface area contributed by atoms with E-state index in [-0.39, 0.29) is 19.1 Å². The number of ether oxygens (including phenoxy) is 1. The number of urea groups is 1. The number of nitrogens with zero attached hydrogens (tertiary/aromatic N) is 1. The van der Waals surface area contributed by atoms with E-state index in [1.165, 1.54) is 44.1 Å². The zero-order valence-electron chi connectivity index (χ0n) is 12.3. The second-order valence-electron chi connectivity index (χ2n) is 5.33. The lowest BCUT2D eigenvalue weighted by atomic mass is 9.87. The van der Waals surface area contributed by atoms with E-state index in [1.54, 1.807) is 0 Å². The molecule has 0 aromatic carbocycles. The molecule has 1 rings (SSSR count). The smallest absolute Gasteiger partial charge is 0.323 e. The molecule has 0 radical (unpaired) electrons. The normalized spacial score (nSPS) is 15.8. The molecule has 0 bridgehead atoms. The standard InChI is InChI=1S/C14H26N2O4/c1-20-10-9-16(11-13(17)18)14(19)15-8-7-12-5-3-2-4-6-12/h12H,2-11H2,1H3,(H,15,19)(H,17,18). The van der Waals surface area contributed by atoms with Gasteiger partial charge in [-0.25, -0.2) is 4.79 Å². The minimum Gasteiger partial charge on any atom is -0.480 e. The molecule has 1 aliphatic carbocycles. The summed E-state index contributed by atoms with van der Waals surface area (Å²) < 4.78 is 4.89. The van der Waals surface area contributed by atoms with Crippen LogP contribution in [-0.2, 0) is 9.53 Å². The number of nitrogens with one attached hydrogen (secondary N) is 1. The number of aliphatic carboxylic acids is 1. The molecule has 1 saturated carbocycles. The maximum atomic E-state index is 11.9. The van der Waals surface area contributed by atoms with Gasteiger partial charge in [0.15, 0.2) is 0 Å². The van der Waals surface area contributed by atoms with Gasteiger partial charge in [0.2, 0.25) is 0 Å². The van der Waals surface area contributed by atoms with E-state index in [4.69, 9.17) is 9.84 Å². The number of methoxy groups -OCH3 is 1. The summed E-state index contributed by atoms with van der Waals surface area (Å²) in [7, 11) is 1.53. The van der Waals surface area contributed by atoms with E-state index in [9.17, 15) is 9.59 Å². The minimum atomic E-state index is -1.01. The van der Waals surface area contributed by atoms with Crippen LogP contribution in [0.5, 0.6) is 0 Å². The van der Waals surface area contributed by atoms with Crippen LogP contribution in [0.15, 0.2) is 0 Å². The fourth-order valence-corrected chi connectivity index (χ4v) is 2.59. The number of carbonyl (C=O) groups is 2. The SMILES string of the molecule is COCCN(CC(=O)O)C(=O)NCCC1CCCCC1. The highest BCUT2D eigenvalue weighted by Gasteiger charge is 2.17. The summed E-state index contributed by atoms with van der Waals surface area (Å²) in [6, 6.07) is -0.319. The van der Waals surface area contributed by atoms with Gasteiger partial charge in [-0.05, 0) is 12.3 Å².